The lowest BCUT2D eigenvalue weighted by molar-refractivity contribution is 0.0697. The van der Waals surface area contributed by atoms with E-state index in [-0.39, 0.29) is 30.4 Å². The second-order valence-electron chi connectivity index (χ2n) is 10.6. The Morgan fingerprint density at radius 3 is 2.49 bits per heavy atom. The molecule has 0 bridgehead atoms. The lowest BCUT2D eigenvalue weighted by Gasteiger charge is -2.41. The fourth-order valence-electron chi connectivity index (χ4n) is 5.93. The van der Waals surface area contributed by atoms with Gasteiger partial charge in [0.15, 0.2) is 0 Å². The van der Waals surface area contributed by atoms with Crippen LogP contribution in [0.5, 0.6) is 0 Å². The Bertz CT molecular complexity index is 1300. The Kier molecular flexibility index (Phi) is 7.97. The van der Waals surface area contributed by atoms with Gasteiger partial charge in [-0.15, -0.1) is 0 Å². The van der Waals surface area contributed by atoms with Gasteiger partial charge in [0.05, 0.1) is 18.8 Å². The van der Waals surface area contributed by atoms with Crippen molar-refractivity contribution in [3.05, 3.63) is 76.9 Å². The first kappa shape index (κ1) is 26.9. The van der Waals surface area contributed by atoms with Crippen LogP contribution in [-0.2, 0) is 0 Å². The maximum Gasteiger partial charge on any atom is 0.254 e. The molecular formula is C30H37FN6O2. The SMILES string of the molecule is Cc1cc(C)c(C(=O)N2CCN(c3ccccn3)[C@H](CO)C2)c(C)c1NC1CCN(c2ccc(F)cn2)CC1. The summed E-state index contributed by atoms with van der Waals surface area (Å²) >= 11 is 0. The predicted molar refractivity (Wildman–Crippen MR) is 152 cm³/mol. The summed E-state index contributed by atoms with van der Waals surface area (Å²) in [4.78, 5) is 28.7. The lowest BCUT2D eigenvalue weighted by atomic mass is 9.94. The molecule has 206 valence electrons. The van der Waals surface area contributed by atoms with Gasteiger partial charge < -0.3 is 25.1 Å². The molecule has 0 unspecified atom stereocenters. The number of aryl methyl sites for hydroxylation is 2. The average molecular weight is 533 g/mol. The molecule has 2 aliphatic rings. The number of piperazine rings is 1. The third kappa shape index (κ3) is 5.68. The third-order valence-corrected chi connectivity index (χ3v) is 7.99. The van der Waals surface area contributed by atoms with E-state index in [4.69, 9.17) is 0 Å². The van der Waals surface area contributed by atoms with Gasteiger partial charge in [-0.1, -0.05) is 12.1 Å². The minimum Gasteiger partial charge on any atom is -0.394 e. The number of anilines is 3. The number of piperidine rings is 1. The van der Waals surface area contributed by atoms with E-state index in [0.29, 0.717) is 19.6 Å². The van der Waals surface area contributed by atoms with E-state index in [1.807, 2.05) is 36.9 Å². The van der Waals surface area contributed by atoms with Gasteiger partial charge in [0, 0.05) is 56.2 Å². The molecule has 2 aliphatic heterocycles. The fourth-order valence-corrected chi connectivity index (χ4v) is 5.93. The molecule has 0 saturated carbocycles. The zero-order valence-electron chi connectivity index (χ0n) is 22.9. The van der Waals surface area contributed by atoms with Crippen molar-refractivity contribution in [2.24, 2.45) is 0 Å². The molecule has 0 radical (unpaired) electrons. The van der Waals surface area contributed by atoms with E-state index in [2.05, 4.69) is 38.1 Å². The summed E-state index contributed by atoms with van der Waals surface area (Å²) in [5.74, 6) is 1.30. The number of aliphatic hydroxyl groups excluding tert-OH is 1. The highest BCUT2D eigenvalue weighted by Crippen LogP contribution is 2.31. The van der Waals surface area contributed by atoms with Crippen LogP contribution in [0, 0.1) is 26.6 Å². The molecule has 9 heteroatoms. The summed E-state index contributed by atoms with van der Waals surface area (Å²) < 4.78 is 13.3. The van der Waals surface area contributed by atoms with Gasteiger partial charge in [-0.05, 0) is 74.6 Å². The molecule has 2 saturated heterocycles. The maximum atomic E-state index is 13.9. The van der Waals surface area contributed by atoms with Crippen molar-refractivity contribution in [1.29, 1.82) is 0 Å². The van der Waals surface area contributed by atoms with Gasteiger partial charge in [-0.2, -0.15) is 0 Å². The average Bonchev–Trinajstić information content (AvgIpc) is 2.96. The van der Waals surface area contributed by atoms with Gasteiger partial charge >= 0.3 is 0 Å². The number of hydrogen-bond donors (Lipinski definition) is 2. The maximum absolute atomic E-state index is 13.9. The third-order valence-electron chi connectivity index (χ3n) is 7.99. The lowest BCUT2D eigenvalue weighted by Crippen LogP contribution is -2.56. The predicted octanol–water partition coefficient (Wildman–Crippen LogP) is 3.95. The molecule has 0 aliphatic carbocycles. The largest absolute Gasteiger partial charge is 0.394 e. The number of amides is 1. The fraction of sp³-hybridized carbons (Fsp3) is 0.433. The molecular weight excluding hydrogens is 495 g/mol. The number of rotatable bonds is 6. The van der Waals surface area contributed by atoms with Crippen molar-refractivity contribution in [1.82, 2.24) is 14.9 Å². The highest BCUT2D eigenvalue weighted by molar-refractivity contribution is 5.99. The van der Waals surface area contributed by atoms with E-state index in [1.165, 1.54) is 12.3 Å². The van der Waals surface area contributed by atoms with Crippen molar-refractivity contribution in [3.8, 4) is 0 Å². The Hall–Kier alpha value is -3.72. The molecule has 1 amide bonds. The molecule has 2 aromatic heterocycles. The molecule has 2 N–H and O–H groups in total. The Morgan fingerprint density at radius 1 is 1.03 bits per heavy atom. The van der Waals surface area contributed by atoms with Gasteiger partial charge in [-0.25, -0.2) is 14.4 Å². The number of nitrogens with one attached hydrogen (secondary N) is 1. The van der Waals surface area contributed by atoms with Crippen molar-refractivity contribution >= 4 is 23.2 Å². The molecule has 1 atom stereocenters. The number of pyridine rings is 2. The summed E-state index contributed by atoms with van der Waals surface area (Å²) in [6, 6.07) is 11.1. The summed E-state index contributed by atoms with van der Waals surface area (Å²) in [5, 5.41) is 13.9. The van der Waals surface area contributed by atoms with Crippen molar-refractivity contribution in [2.75, 3.05) is 54.4 Å². The standard InChI is InChI=1S/C30H37FN6O2/c1-20-16-21(2)29(34-24-9-12-35(13-10-24)26-8-7-23(31)17-33-26)22(3)28(20)30(39)36-14-15-37(25(18-36)19-38)27-6-4-5-11-32-27/h4-8,11,16-17,24-25,34,38H,9-10,12-15,18-19H2,1-3H3/t25-/m0/s1. The topological polar surface area (TPSA) is 84.8 Å². The van der Waals surface area contributed by atoms with Crippen molar-refractivity contribution in [3.63, 3.8) is 0 Å². The summed E-state index contributed by atoms with van der Waals surface area (Å²) in [7, 11) is 0. The van der Waals surface area contributed by atoms with E-state index in [0.717, 1.165) is 65.5 Å². The number of carbonyl (C=O) groups excluding carboxylic acids is 1. The minimum atomic E-state index is -0.326. The van der Waals surface area contributed by atoms with E-state index in [1.54, 1.807) is 12.3 Å². The van der Waals surface area contributed by atoms with Crippen LogP contribution in [0.1, 0.15) is 39.9 Å². The van der Waals surface area contributed by atoms with Gasteiger partial charge in [0.25, 0.3) is 5.91 Å². The monoisotopic (exact) mass is 532 g/mol. The highest BCUT2D eigenvalue weighted by Gasteiger charge is 2.32. The molecule has 3 aromatic rings. The Morgan fingerprint density at radius 2 is 1.82 bits per heavy atom. The number of aliphatic hydroxyl groups is 1. The highest BCUT2D eigenvalue weighted by atomic mass is 19.1. The van der Waals surface area contributed by atoms with Crippen LogP contribution in [0.2, 0.25) is 0 Å². The summed E-state index contributed by atoms with van der Waals surface area (Å²) in [6.07, 6.45) is 4.85. The number of benzene rings is 1. The van der Waals surface area contributed by atoms with Crippen LogP contribution < -0.4 is 15.1 Å². The molecule has 0 spiro atoms. The molecule has 1 aromatic carbocycles. The number of carbonyl (C=O) groups is 1. The molecule has 4 heterocycles. The zero-order valence-corrected chi connectivity index (χ0v) is 22.9. The first-order valence-electron chi connectivity index (χ1n) is 13.7. The zero-order chi connectivity index (χ0) is 27.5. The van der Waals surface area contributed by atoms with Crippen LogP contribution in [0.4, 0.5) is 21.7 Å². The number of nitrogens with zero attached hydrogens (tertiary/aromatic N) is 5. The quantitative estimate of drug-likeness (QED) is 0.497. The van der Waals surface area contributed by atoms with Crippen LogP contribution in [0.25, 0.3) is 0 Å². The number of aromatic nitrogens is 2. The first-order chi connectivity index (χ1) is 18.9. The summed E-state index contributed by atoms with van der Waals surface area (Å²) in [5.41, 5.74) is 4.81. The number of hydrogen-bond acceptors (Lipinski definition) is 7. The Labute approximate surface area is 229 Å². The van der Waals surface area contributed by atoms with Crippen LogP contribution in [0.3, 0.4) is 0 Å². The summed E-state index contributed by atoms with van der Waals surface area (Å²) in [6.45, 7) is 9.34. The minimum absolute atomic E-state index is 0.00405. The number of halogens is 1. The van der Waals surface area contributed by atoms with E-state index < -0.39 is 0 Å². The van der Waals surface area contributed by atoms with Crippen molar-refractivity contribution < 1.29 is 14.3 Å². The van der Waals surface area contributed by atoms with Crippen LogP contribution >= 0.6 is 0 Å². The van der Waals surface area contributed by atoms with Gasteiger partial charge in [-0.3, -0.25) is 4.79 Å². The van der Waals surface area contributed by atoms with Gasteiger partial charge in [0.1, 0.15) is 17.5 Å². The normalized spacial score (nSPS) is 18.4. The van der Waals surface area contributed by atoms with Gasteiger partial charge in [0.2, 0.25) is 0 Å². The van der Waals surface area contributed by atoms with E-state index in [9.17, 15) is 14.3 Å². The molecule has 39 heavy (non-hydrogen) atoms. The molecule has 8 nitrogen and oxygen atoms in total. The van der Waals surface area contributed by atoms with E-state index >= 15 is 0 Å². The Balaban J connectivity index is 1.29. The smallest absolute Gasteiger partial charge is 0.254 e. The second kappa shape index (κ2) is 11.6. The van der Waals surface area contributed by atoms with Crippen molar-refractivity contribution in [2.45, 2.75) is 45.7 Å². The first-order valence-corrected chi connectivity index (χ1v) is 13.7. The van der Waals surface area contributed by atoms with Crippen LogP contribution in [0.15, 0.2) is 48.8 Å². The second-order valence-corrected chi connectivity index (χ2v) is 10.6. The molecule has 2 fully saturated rings. The molecule has 5 rings (SSSR count). The van der Waals surface area contributed by atoms with Crippen LogP contribution in [-0.4, -0.2) is 77.3 Å².